The largest absolute Gasteiger partial charge is 0.446 e. The molecular weight excluding hydrogens is 302 g/mol. The van der Waals surface area contributed by atoms with Gasteiger partial charge in [-0.3, -0.25) is 0 Å². The molecule has 0 aliphatic carbocycles. The summed E-state index contributed by atoms with van der Waals surface area (Å²) >= 11 is 0. The van der Waals surface area contributed by atoms with Gasteiger partial charge < -0.3 is 14.9 Å². The fraction of sp³-hybridized carbons (Fsp3) is 0.0526. The van der Waals surface area contributed by atoms with Crippen molar-refractivity contribution in [1.29, 1.82) is 0 Å². The van der Waals surface area contributed by atoms with Crippen LogP contribution in [0.15, 0.2) is 70.4 Å². The van der Waals surface area contributed by atoms with Gasteiger partial charge in [0, 0.05) is 11.1 Å². The van der Waals surface area contributed by atoms with Gasteiger partial charge in [0.15, 0.2) is 0 Å². The Morgan fingerprint density at radius 1 is 1.04 bits per heavy atom. The van der Waals surface area contributed by atoms with Crippen molar-refractivity contribution in [2.75, 3.05) is 5.32 Å². The van der Waals surface area contributed by atoms with Gasteiger partial charge >= 0.3 is 0 Å². The second kappa shape index (κ2) is 5.70. The smallest absolute Gasteiger partial charge is 0.228 e. The fourth-order valence-corrected chi connectivity index (χ4v) is 2.75. The fourth-order valence-electron chi connectivity index (χ4n) is 2.75. The molecule has 0 fully saturated rings. The number of oxime groups is 1. The van der Waals surface area contributed by atoms with E-state index < -0.39 is 0 Å². The Bertz CT molecular complexity index is 1050. The number of hydrogen-bond donors (Lipinski definition) is 2. The zero-order chi connectivity index (χ0) is 16.5. The molecule has 0 amide bonds. The Balaban J connectivity index is 1.82. The van der Waals surface area contributed by atoms with Crippen molar-refractivity contribution in [1.82, 2.24) is 4.98 Å². The molecule has 2 aromatic heterocycles. The molecule has 2 N–H and O–H groups in total. The van der Waals surface area contributed by atoms with Crippen molar-refractivity contribution in [2.45, 2.75) is 6.92 Å². The third kappa shape index (κ3) is 2.36. The zero-order valence-electron chi connectivity index (χ0n) is 13.0. The lowest BCUT2D eigenvalue weighted by molar-refractivity contribution is 0.319. The summed E-state index contributed by atoms with van der Waals surface area (Å²) < 4.78 is 5.47. The van der Waals surface area contributed by atoms with E-state index in [9.17, 15) is 0 Å². The standard InChI is InChI=1S/C19H15N3O2/c1-12(22-23)13-6-8-14(9-7-13)20-18-15-4-2-3-5-17(15)21-19-16(18)10-11-24-19/h2-11,23H,1H3,(H,20,21). The first-order chi connectivity index (χ1) is 11.8. The Hall–Kier alpha value is -3.34. The molecule has 2 aromatic carbocycles. The predicted molar refractivity (Wildman–Crippen MR) is 95.2 cm³/mol. The molecule has 0 spiro atoms. The minimum Gasteiger partial charge on any atom is -0.446 e. The molecule has 0 aliphatic heterocycles. The van der Waals surface area contributed by atoms with Gasteiger partial charge in [-0.05, 0) is 36.8 Å². The molecule has 2 heterocycles. The quantitative estimate of drug-likeness (QED) is 0.319. The van der Waals surface area contributed by atoms with Crippen LogP contribution in [0.3, 0.4) is 0 Å². The summed E-state index contributed by atoms with van der Waals surface area (Å²) in [4.78, 5) is 4.54. The van der Waals surface area contributed by atoms with E-state index in [0.717, 1.165) is 33.2 Å². The molecule has 5 heteroatoms. The first-order valence-corrected chi connectivity index (χ1v) is 7.58. The van der Waals surface area contributed by atoms with E-state index in [1.54, 1.807) is 13.2 Å². The highest BCUT2D eigenvalue weighted by Gasteiger charge is 2.11. The molecule has 4 rings (SSSR count). The van der Waals surface area contributed by atoms with Gasteiger partial charge in [-0.2, -0.15) is 0 Å². The van der Waals surface area contributed by atoms with Crippen LogP contribution in [0, 0.1) is 0 Å². The van der Waals surface area contributed by atoms with Crippen LogP contribution in [-0.4, -0.2) is 15.9 Å². The SMILES string of the molecule is CC(=NO)c1ccc(Nc2c3ccccc3nc3occc23)cc1. The summed E-state index contributed by atoms with van der Waals surface area (Å²) in [7, 11) is 0. The lowest BCUT2D eigenvalue weighted by Gasteiger charge is -2.11. The molecular formula is C19H15N3O2. The minimum atomic E-state index is 0.577. The molecule has 0 saturated carbocycles. The average Bonchev–Trinajstić information content (AvgIpc) is 3.10. The Labute approximate surface area is 138 Å². The molecule has 24 heavy (non-hydrogen) atoms. The highest BCUT2D eigenvalue weighted by Crippen LogP contribution is 2.33. The molecule has 0 saturated heterocycles. The topological polar surface area (TPSA) is 70.7 Å². The van der Waals surface area contributed by atoms with Crippen molar-refractivity contribution in [3.05, 3.63) is 66.4 Å². The molecule has 0 aliphatic rings. The van der Waals surface area contributed by atoms with E-state index in [0.29, 0.717) is 11.4 Å². The van der Waals surface area contributed by atoms with E-state index in [1.165, 1.54) is 0 Å². The monoisotopic (exact) mass is 317 g/mol. The van der Waals surface area contributed by atoms with E-state index in [-0.39, 0.29) is 0 Å². The van der Waals surface area contributed by atoms with Gasteiger partial charge in [-0.25, -0.2) is 4.98 Å². The normalized spacial score (nSPS) is 12.0. The summed E-state index contributed by atoms with van der Waals surface area (Å²) in [6.45, 7) is 1.76. The van der Waals surface area contributed by atoms with Gasteiger partial charge in [0.05, 0.1) is 28.6 Å². The van der Waals surface area contributed by atoms with Crippen LogP contribution in [0.2, 0.25) is 0 Å². The van der Waals surface area contributed by atoms with Crippen LogP contribution in [0.1, 0.15) is 12.5 Å². The maximum Gasteiger partial charge on any atom is 0.228 e. The number of pyridine rings is 1. The molecule has 0 radical (unpaired) electrons. The number of aromatic nitrogens is 1. The number of rotatable bonds is 3. The van der Waals surface area contributed by atoms with Gasteiger partial charge in [-0.15, -0.1) is 0 Å². The third-order valence-corrected chi connectivity index (χ3v) is 4.03. The van der Waals surface area contributed by atoms with E-state index in [1.807, 2.05) is 54.6 Å². The van der Waals surface area contributed by atoms with Crippen molar-refractivity contribution in [3.8, 4) is 0 Å². The van der Waals surface area contributed by atoms with Crippen LogP contribution >= 0.6 is 0 Å². The maximum atomic E-state index is 8.86. The van der Waals surface area contributed by atoms with Crippen LogP contribution in [0.25, 0.3) is 22.0 Å². The van der Waals surface area contributed by atoms with Gasteiger partial charge in [0.25, 0.3) is 0 Å². The van der Waals surface area contributed by atoms with Crippen molar-refractivity contribution < 1.29 is 9.62 Å². The summed E-state index contributed by atoms with van der Waals surface area (Å²) in [6, 6.07) is 17.6. The molecule has 0 atom stereocenters. The van der Waals surface area contributed by atoms with E-state index in [4.69, 9.17) is 9.62 Å². The van der Waals surface area contributed by atoms with Crippen molar-refractivity contribution >= 4 is 39.1 Å². The lowest BCUT2D eigenvalue weighted by atomic mass is 10.1. The van der Waals surface area contributed by atoms with Crippen molar-refractivity contribution in [3.63, 3.8) is 0 Å². The molecule has 5 nitrogen and oxygen atoms in total. The second-order valence-corrected chi connectivity index (χ2v) is 5.53. The third-order valence-electron chi connectivity index (χ3n) is 4.03. The predicted octanol–water partition coefficient (Wildman–Crippen LogP) is 4.92. The number of nitrogens with one attached hydrogen (secondary N) is 1. The van der Waals surface area contributed by atoms with Crippen molar-refractivity contribution in [2.24, 2.45) is 5.16 Å². The molecule has 0 unspecified atom stereocenters. The van der Waals surface area contributed by atoms with Crippen LogP contribution in [-0.2, 0) is 0 Å². The molecule has 4 aromatic rings. The average molecular weight is 317 g/mol. The van der Waals surface area contributed by atoms with E-state index in [2.05, 4.69) is 15.5 Å². The Kier molecular flexibility index (Phi) is 3.39. The highest BCUT2D eigenvalue weighted by atomic mass is 16.4. The summed E-state index contributed by atoms with van der Waals surface area (Å²) in [5.41, 5.74) is 4.83. The van der Waals surface area contributed by atoms with Crippen LogP contribution in [0.5, 0.6) is 0 Å². The number of hydrogen-bond acceptors (Lipinski definition) is 5. The zero-order valence-corrected chi connectivity index (χ0v) is 13.0. The Morgan fingerprint density at radius 2 is 1.83 bits per heavy atom. The number of anilines is 2. The lowest BCUT2D eigenvalue weighted by Crippen LogP contribution is -1.97. The summed E-state index contributed by atoms with van der Waals surface area (Å²) in [6.07, 6.45) is 1.64. The van der Waals surface area contributed by atoms with Crippen LogP contribution in [0.4, 0.5) is 11.4 Å². The summed E-state index contributed by atoms with van der Waals surface area (Å²) in [5.74, 6) is 0. The number of para-hydroxylation sites is 1. The molecule has 0 bridgehead atoms. The molecule has 118 valence electrons. The van der Waals surface area contributed by atoms with Gasteiger partial charge in [0.1, 0.15) is 0 Å². The number of fused-ring (bicyclic) bond motifs is 2. The second-order valence-electron chi connectivity index (χ2n) is 5.53. The van der Waals surface area contributed by atoms with Gasteiger partial charge in [0.2, 0.25) is 5.71 Å². The summed E-state index contributed by atoms with van der Waals surface area (Å²) in [5, 5.41) is 17.5. The number of furan rings is 1. The Morgan fingerprint density at radius 3 is 2.62 bits per heavy atom. The minimum absolute atomic E-state index is 0.577. The number of benzene rings is 2. The first-order valence-electron chi connectivity index (χ1n) is 7.58. The van der Waals surface area contributed by atoms with E-state index >= 15 is 0 Å². The number of nitrogens with zero attached hydrogens (tertiary/aromatic N) is 2. The van der Waals surface area contributed by atoms with Gasteiger partial charge in [-0.1, -0.05) is 35.5 Å². The highest BCUT2D eigenvalue weighted by molar-refractivity contribution is 6.07. The first kappa shape index (κ1) is 14.3. The maximum absolute atomic E-state index is 8.86. The van der Waals surface area contributed by atoms with Crippen LogP contribution < -0.4 is 5.32 Å².